The van der Waals surface area contributed by atoms with Crippen molar-refractivity contribution in [1.29, 1.82) is 0 Å². The average molecular weight is 546 g/mol. The van der Waals surface area contributed by atoms with Crippen molar-refractivity contribution in [3.05, 3.63) is 95.6 Å². The molecule has 0 unspecified atom stereocenters. The lowest BCUT2D eigenvalue weighted by atomic mass is 10.1. The summed E-state index contributed by atoms with van der Waals surface area (Å²) in [4.78, 5) is 55.7. The highest BCUT2D eigenvalue weighted by Gasteiger charge is 2.35. The zero-order valence-electron chi connectivity index (χ0n) is 21.2. The Balaban J connectivity index is 1.54. The van der Waals surface area contributed by atoms with Gasteiger partial charge in [0.05, 0.1) is 23.4 Å². The fourth-order valence-electron chi connectivity index (χ4n) is 3.86. The number of rotatable bonds is 9. The number of ether oxygens (including phenoxy) is 1. The van der Waals surface area contributed by atoms with Crippen molar-refractivity contribution in [2.45, 2.75) is 25.0 Å². The maximum atomic E-state index is 13.2. The van der Waals surface area contributed by atoms with Crippen molar-refractivity contribution in [1.82, 2.24) is 4.90 Å². The third-order valence-corrected chi connectivity index (χ3v) is 7.09. The van der Waals surface area contributed by atoms with Crippen molar-refractivity contribution in [2.24, 2.45) is 4.99 Å². The van der Waals surface area contributed by atoms with Crippen molar-refractivity contribution >= 4 is 52.1 Å². The molecular weight excluding hydrogens is 518 g/mol. The van der Waals surface area contributed by atoms with Gasteiger partial charge in [-0.1, -0.05) is 42.1 Å². The van der Waals surface area contributed by atoms with Crippen LogP contribution in [-0.2, 0) is 20.7 Å². The summed E-state index contributed by atoms with van der Waals surface area (Å²) in [6.07, 6.45) is 0.597. The second-order valence-electron chi connectivity index (χ2n) is 8.63. The highest BCUT2D eigenvalue weighted by molar-refractivity contribution is 8.15. The molecule has 9 nitrogen and oxygen atoms in total. The molecule has 2 amide bonds. The van der Waals surface area contributed by atoms with Crippen molar-refractivity contribution < 1.29 is 29.0 Å². The quantitative estimate of drug-likeness (QED) is 0.371. The molecule has 1 fully saturated rings. The molecule has 200 valence electrons. The van der Waals surface area contributed by atoms with Gasteiger partial charge in [-0.15, -0.1) is 0 Å². The highest BCUT2D eigenvalue weighted by atomic mass is 32.2. The molecule has 0 radical (unpaired) electrons. The lowest BCUT2D eigenvalue weighted by Crippen LogP contribution is -2.46. The van der Waals surface area contributed by atoms with Gasteiger partial charge in [-0.25, -0.2) is 14.6 Å². The van der Waals surface area contributed by atoms with E-state index < -0.39 is 17.2 Å². The molecule has 4 rings (SSSR count). The van der Waals surface area contributed by atoms with Crippen LogP contribution in [0.15, 0.2) is 83.9 Å². The summed E-state index contributed by atoms with van der Waals surface area (Å²) in [7, 11) is 0. The van der Waals surface area contributed by atoms with Crippen LogP contribution >= 0.6 is 11.8 Å². The first-order valence-electron chi connectivity index (χ1n) is 12.3. The zero-order chi connectivity index (χ0) is 27.8. The van der Waals surface area contributed by atoms with Gasteiger partial charge in [-0.05, 0) is 67.4 Å². The van der Waals surface area contributed by atoms with Gasteiger partial charge in [0.15, 0.2) is 5.17 Å². The molecule has 1 atom stereocenters. The number of amides is 2. The maximum absolute atomic E-state index is 13.2. The topological polar surface area (TPSA) is 125 Å². The lowest BCUT2D eigenvalue weighted by Gasteiger charge is -2.32. The number of carboxylic acids is 1. The Kier molecular flexibility index (Phi) is 9.11. The Morgan fingerprint density at radius 1 is 1.00 bits per heavy atom. The van der Waals surface area contributed by atoms with Crippen molar-refractivity contribution in [2.75, 3.05) is 18.5 Å². The minimum atomic E-state index is -1.06. The number of carbonyl (C=O) groups is 4. The van der Waals surface area contributed by atoms with E-state index in [9.17, 15) is 19.2 Å². The molecular formula is C29H27N3O6S. The number of anilines is 1. The Morgan fingerprint density at radius 3 is 2.31 bits per heavy atom. The molecule has 1 aliphatic rings. The van der Waals surface area contributed by atoms with Crippen LogP contribution in [0.1, 0.15) is 39.6 Å². The Labute approximate surface area is 229 Å². The second kappa shape index (κ2) is 12.9. The summed E-state index contributed by atoms with van der Waals surface area (Å²) < 4.78 is 5.03. The van der Waals surface area contributed by atoms with Crippen LogP contribution < -0.4 is 5.32 Å². The second-order valence-corrected chi connectivity index (χ2v) is 9.79. The maximum Gasteiger partial charge on any atom is 0.338 e. The summed E-state index contributed by atoms with van der Waals surface area (Å²) in [5.41, 5.74) is 2.51. The van der Waals surface area contributed by atoms with Crippen molar-refractivity contribution in [3.63, 3.8) is 0 Å². The number of thioether (sulfide) groups is 1. The van der Waals surface area contributed by atoms with E-state index in [0.29, 0.717) is 35.1 Å². The Morgan fingerprint density at radius 2 is 1.67 bits per heavy atom. The first-order valence-corrected chi connectivity index (χ1v) is 13.2. The molecule has 0 aliphatic carbocycles. The number of benzene rings is 3. The zero-order valence-corrected chi connectivity index (χ0v) is 22.0. The summed E-state index contributed by atoms with van der Waals surface area (Å²) in [6, 6.07) is 22.1. The predicted octanol–water partition coefficient (Wildman–Crippen LogP) is 4.76. The summed E-state index contributed by atoms with van der Waals surface area (Å²) >= 11 is 1.18. The van der Waals surface area contributed by atoms with E-state index in [1.54, 1.807) is 36.1 Å². The molecule has 3 aromatic carbocycles. The number of nitrogens with zero attached hydrogens (tertiary/aromatic N) is 2. The summed E-state index contributed by atoms with van der Waals surface area (Å²) in [6.45, 7) is 2.39. The van der Waals surface area contributed by atoms with Crippen LogP contribution in [0.2, 0.25) is 0 Å². The van der Waals surface area contributed by atoms with Gasteiger partial charge in [-0.2, -0.15) is 0 Å². The molecule has 39 heavy (non-hydrogen) atoms. The Hall–Kier alpha value is -4.44. The van der Waals surface area contributed by atoms with Crippen LogP contribution in [0.5, 0.6) is 0 Å². The van der Waals surface area contributed by atoms with Crippen LogP contribution in [-0.4, -0.2) is 57.3 Å². The van der Waals surface area contributed by atoms with Gasteiger partial charge in [-0.3, -0.25) is 14.5 Å². The average Bonchev–Trinajstić information content (AvgIpc) is 2.94. The fraction of sp³-hybridized carbons (Fsp3) is 0.207. The van der Waals surface area contributed by atoms with Crippen LogP contribution in [0, 0.1) is 0 Å². The number of esters is 1. The van der Waals surface area contributed by atoms with E-state index in [4.69, 9.17) is 9.84 Å². The van der Waals surface area contributed by atoms with E-state index in [1.165, 1.54) is 36.0 Å². The molecule has 0 bridgehead atoms. The standard InChI is InChI=1S/C29H27N3O6S/c1-2-38-28(37)21-10-14-23(15-11-21)31-29-32(17-16-19-6-4-3-5-7-19)25(33)18-24(39-29)26(34)30-22-12-8-20(9-13-22)27(35)36/h3-15,24H,2,16-18H2,1H3,(H,30,34)(H,35,36)/t24-/m1/s1. The third-order valence-electron chi connectivity index (χ3n) is 5.90. The van der Waals surface area contributed by atoms with Crippen molar-refractivity contribution in [3.8, 4) is 0 Å². The van der Waals surface area contributed by atoms with E-state index in [0.717, 1.165) is 5.56 Å². The van der Waals surface area contributed by atoms with Gasteiger partial charge in [0.1, 0.15) is 5.25 Å². The summed E-state index contributed by atoms with van der Waals surface area (Å²) in [5.74, 6) is -2.11. The number of amidine groups is 1. The van der Waals surface area contributed by atoms with E-state index in [2.05, 4.69) is 10.3 Å². The number of aromatic carboxylic acids is 1. The molecule has 10 heteroatoms. The van der Waals surface area contributed by atoms with Gasteiger partial charge >= 0.3 is 11.9 Å². The largest absolute Gasteiger partial charge is 0.478 e. The van der Waals surface area contributed by atoms with Gasteiger partial charge in [0.25, 0.3) is 0 Å². The minimum absolute atomic E-state index is 0.0146. The number of nitrogens with one attached hydrogen (secondary N) is 1. The number of carbonyl (C=O) groups excluding carboxylic acids is 3. The first kappa shape index (κ1) is 27.6. The molecule has 0 spiro atoms. The molecule has 1 aliphatic heterocycles. The molecule has 1 saturated heterocycles. The number of carboxylic acid groups (broad SMARTS) is 1. The molecule has 0 aromatic heterocycles. The first-order chi connectivity index (χ1) is 18.8. The van der Waals surface area contributed by atoms with Gasteiger partial charge < -0.3 is 15.2 Å². The molecule has 3 aromatic rings. The predicted molar refractivity (Wildman–Crippen MR) is 149 cm³/mol. The minimum Gasteiger partial charge on any atom is -0.478 e. The number of hydrogen-bond acceptors (Lipinski definition) is 7. The number of aliphatic imine (C=N–C) groups is 1. The van der Waals surface area contributed by atoms with E-state index >= 15 is 0 Å². The summed E-state index contributed by atoms with van der Waals surface area (Å²) in [5, 5.41) is 11.5. The van der Waals surface area contributed by atoms with E-state index in [-0.39, 0.29) is 30.4 Å². The lowest BCUT2D eigenvalue weighted by molar-refractivity contribution is -0.129. The van der Waals surface area contributed by atoms with Crippen LogP contribution in [0.25, 0.3) is 0 Å². The van der Waals surface area contributed by atoms with Crippen LogP contribution in [0.3, 0.4) is 0 Å². The third kappa shape index (κ3) is 7.32. The normalized spacial score (nSPS) is 16.1. The van der Waals surface area contributed by atoms with E-state index in [1.807, 2.05) is 30.3 Å². The monoisotopic (exact) mass is 545 g/mol. The molecule has 2 N–H and O–H groups in total. The Bertz CT molecular complexity index is 1370. The number of hydrogen-bond donors (Lipinski definition) is 2. The smallest absolute Gasteiger partial charge is 0.338 e. The molecule has 0 saturated carbocycles. The van der Waals surface area contributed by atoms with Crippen LogP contribution in [0.4, 0.5) is 11.4 Å². The molecule has 1 heterocycles. The highest BCUT2D eigenvalue weighted by Crippen LogP contribution is 2.30. The van der Waals surface area contributed by atoms with Gasteiger partial charge in [0, 0.05) is 18.7 Å². The SMILES string of the molecule is CCOC(=O)c1ccc(N=C2S[C@@H](C(=O)Nc3ccc(C(=O)O)cc3)CC(=O)N2CCc2ccccc2)cc1. The fourth-order valence-corrected chi connectivity index (χ4v) is 4.99. The van der Waals surface area contributed by atoms with Gasteiger partial charge in [0.2, 0.25) is 11.8 Å².